The topological polar surface area (TPSA) is 49.4 Å². The molecule has 26 heavy (non-hydrogen) atoms. The van der Waals surface area contributed by atoms with Crippen molar-refractivity contribution in [2.75, 3.05) is 19.6 Å². The van der Waals surface area contributed by atoms with E-state index in [1.807, 2.05) is 25.1 Å². The molecule has 0 aromatic heterocycles. The summed E-state index contributed by atoms with van der Waals surface area (Å²) in [6.07, 6.45) is 3.85. The summed E-state index contributed by atoms with van der Waals surface area (Å²) in [6.45, 7) is 9.37. The van der Waals surface area contributed by atoms with Crippen LogP contribution in [0.15, 0.2) is 35.2 Å². The summed E-state index contributed by atoms with van der Waals surface area (Å²) in [4.78, 5) is 2.78. The van der Waals surface area contributed by atoms with Crippen molar-refractivity contribution in [1.29, 1.82) is 0 Å². The van der Waals surface area contributed by atoms with E-state index in [4.69, 9.17) is 0 Å². The molecule has 0 spiro atoms. The first-order chi connectivity index (χ1) is 12.5. The van der Waals surface area contributed by atoms with Gasteiger partial charge in [-0.15, -0.1) is 0 Å². The van der Waals surface area contributed by atoms with Crippen LogP contribution in [-0.4, -0.2) is 39.0 Å². The van der Waals surface area contributed by atoms with E-state index in [1.165, 1.54) is 11.1 Å². The zero-order valence-corrected chi connectivity index (χ0v) is 16.9. The Hall–Kier alpha value is -1.43. The van der Waals surface area contributed by atoms with E-state index in [0.717, 1.165) is 56.1 Å². The summed E-state index contributed by atoms with van der Waals surface area (Å²) < 4.78 is 28.9. The molecule has 3 rings (SSSR count). The number of aryl methyl sites for hydroxylation is 2. The lowest BCUT2D eigenvalue weighted by Crippen LogP contribution is -2.33. The maximum Gasteiger partial charge on any atom is 0.241 e. The molecule has 0 unspecified atom stereocenters. The molecule has 0 aliphatic heterocycles. The van der Waals surface area contributed by atoms with Gasteiger partial charge in [0.15, 0.2) is 0 Å². The summed E-state index contributed by atoms with van der Waals surface area (Å²) in [5.74, 6) is 0. The van der Waals surface area contributed by atoms with Crippen molar-refractivity contribution in [3.05, 3.63) is 41.5 Å². The summed E-state index contributed by atoms with van der Waals surface area (Å²) >= 11 is 0. The normalized spacial score (nSPS) is 15.1. The predicted molar refractivity (Wildman–Crippen MR) is 108 cm³/mol. The molecule has 2 aromatic rings. The highest BCUT2D eigenvalue weighted by molar-refractivity contribution is 7.89. The third kappa shape index (κ3) is 3.95. The van der Waals surface area contributed by atoms with Gasteiger partial charge in [0, 0.05) is 11.4 Å². The Kier molecular flexibility index (Phi) is 6.00. The van der Waals surface area contributed by atoms with Crippen LogP contribution in [0.1, 0.15) is 44.7 Å². The zero-order valence-electron chi connectivity index (χ0n) is 16.1. The number of benzene rings is 2. The molecule has 0 saturated carbocycles. The number of hydrogen-bond acceptors (Lipinski definition) is 3. The van der Waals surface area contributed by atoms with Crippen molar-refractivity contribution in [2.45, 2.75) is 57.4 Å². The Labute approximate surface area is 157 Å². The lowest BCUT2D eigenvalue weighted by molar-refractivity contribution is 0.293. The minimum atomic E-state index is -3.52. The van der Waals surface area contributed by atoms with Crippen LogP contribution in [0.4, 0.5) is 0 Å². The number of hydrogen-bond donors (Lipinski definition) is 1. The fourth-order valence-corrected chi connectivity index (χ4v) is 5.48. The summed E-state index contributed by atoms with van der Waals surface area (Å²) in [5, 5.41) is 2.00. The average molecular weight is 375 g/mol. The molecule has 142 valence electrons. The molecule has 0 heterocycles. The molecule has 0 amide bonds. The molecule has 1 N–H and O–H groups in total. The van der Waals surface area contributed by atoms with Gasteiger partial charge in [0.2, 0.25) is 10.0 Å². The molecule has 0 bridgehead atoms. The molecule has 5 heteroatoms. The number of nitrogens with zero attached hydrogens (tertiary/aromatic N) is 1. The zero-order chi connectivity index (χ0) is 18.7. The molecule has 2 aromatic carbocycles. The van der Waals surface area contributed by atoms with Crippen LogP contribution >= 0.6 is 0 Å². The molecule has 1 aliphatic rings. The molecular weight excluding hydrogens is 344 g/mol. The fourth-order valence-electron chi connectivity index (χ4n) is 4.00. The minimum Gasteiger partial charge on any atom is -0.304 e. The Bertz CT molecular complexity index is 863. The Morgan fingerprint density at radius 3 is 2.46 bits per heavy atom. The number of nitrogens with one attached hydrogen (secondary N) is 1. The largest absolute Gasteiger partial charge is 0.304 e. The summed E-state index contributed by atoms with van der Waals surface area (Å²) in [6, 6.07) is 9.71. The Balaban J connectivity index is 1.74. The monoisotopic (exact) mass is 374 g/mol. The van der Waals surface area contributed by atoms with E-state index in [1.54, 1.807) is 6.07 Å². The highest BCUT2D eigenvalue weighted by Crippen LogP contribution is 2.34. The van der Waals surface area contributed by atoms with E-state index < -0.39 is 10.0 Å². The first-order valence-electron chi connectivity index (χ1n) is 9.74. The van der Waals surface area contributed by atoms with Crippen LogP contribution in [-0.2, 0) is 22.9 Å². The van der Waals surface area contributed by atoms with Crippen LogP contribution in [0.3, 0.4) is 0 Å². The van der Waals surface area contributed by atoms with Crippen molar-refractivity contribution < 1.29 is 8.42 Å². The molecule has 0 saturated heterocycles. The number of sulfonamides is 1. The highest BCUT2D eigenvalue weighted by atomic mass is 32.2. The van der Waals surface area contributed by atoms with Gasteiger partial charge in [0.1, 0.15) is 0 Å². The maximum absolute atomic E-state index is 13.0. The van der Waals surface area contributed by atoms with E-state index in [9.17, 15) is 8.42 Å². The predicted octanol–water partition coefficient (Wildman–Crippen LogP) is 3.73. The maximum atomic E-state index is 13.0. The third-order valence-corrected chi connectivity index (χ3v) is 7.14. The van der Waals surface area contributed by atoms with Crippen LogP contribution in [0.5, 0.6) is 0 Å². The van der Waals surface area contributed by atoms with Crippen LogP contribution in [0, 0.1) is 0 Å². The number of rotatable bonds is 9. The smallest absolute Gasteiger partial charge is 0.241 e. The second kappa shape index (κ2) is 8.07. The Morgan fingerprint density at radius 1 is 1.08 bits per heavy atom. The van der Waals surface area contributed by atoms with E-state index >= 15 is 0 Å². The van der Waals surface area contributed by atoms with Gasteiger partial charge in [-0.3, -0.25) is 0 Å². The van der Waals surface area contributed by atoms with Crippen molar-refractivity contribution in [2.24, 2.45) is 0 Å². The fraction of sp³-hybridized carbons (Fsp3) is 0.524. The van der Waals surface area contributed by atoms with Crippen LogP contribution in [0.2, 0.25) is 0 Å². The lowest BCUT2D eigenvalue weighted by atomic mass is 10.1. The quantitative estimate of drug-likeness (QED) is 0.728. The summed E-state index contributed by atoms with van der Waals surface area (Å²) in [7, 11) is -3.52. The van der Waals surface area contributed by atoms with Gasteiger partial charge < -0.3 is 4.90 Å². The Morgan fingerprint density at radius 2 is 1.77 bits per heavy atom. The van der Waals surface area contributed by atoms with E-state index in [0.29, 0.717) is 4.90 Å². The molecule has 0 fully saturated rings. The SMILES string of the molecule is CCN(CC)CCC[C@H](C)NS(=O)(=O)c1ccc2c3c(cccc13)CC2. The van der Waals surface area contributed by atoms with Crippen LogP contribution in [0.25, 0.3) is 10.8 Å². The van der Waals surface area contributed by atoms with Gasteiger partial charge in [-0.05, 0) is 74.8 Å². The van der Waals surface area contributed by atoms with E-state index in [2.05, 4.69) is 29.5 Å². The molecule has 4 nitrogen and oxygen atoms in total. The van der Waals surface area contributed by atoms with Gasteiger partial charge in [-0.25, -0.2) is 13.1 Å². The van der Waals surface area contributed by atoms with Gasteiger partial charge in [-0.2, -0.15) is 0 Å². The van der Waals surface area contributed by atoms with Crippen LogP contribution < -0.4 is 4.72 Å². The first kappa shape index (κ1) is 19.3. The second-order valence-corrected chi connectivity index (χ2v) is 8.94. The van der Waals surface area contributed by atoms with Gasteiger partial charge in [0.05, 0.1) is 4.90 Å². The average Bonchev–Trinajstić information content (AvgIpc) is 3.04. The van der Waals surface area contributed by atoms with E-state index in [-0.39, 0.29) is 6.04 Å². The van der Waals surface area contributed by atoms with Crippen molar-refractivity contribution >= 4 is 20.8 Å². The second-order valence-electron chi connectivity index (χ2n) is 7.25. The standard InChI is InChI=1S/C21H30N2O2S/c1-4-23(5-2)15-7-8-16(3)22-26(24,25)20-14-13-18-12-11-17-9-6-10-19(20)21(17)18/h6,9-10,13-14,16,22H,4-5,7-8,11-12,15H2,1-3H3/t16-/m0/s1. The van der Waals surface area contributed by atoms with Gasteiger partial charge in [-0.1, -0.05) is 38.1 Å². The van der Waals surface area contributed by atoms with Gasteiger partial charge >= 0.3 is 0 Å². The molecule has 1 aliphatic carbocycles. The van der Waals surface area contributed by atoms with Crippen molar-refractivity contribution in [3.8, 4) is 0 Å². The van der Waals surface area contributed by atoms with Crippen molar-refractivity contribution in [3.63, 3.8) is 0 Å². The molecule has 1 atom stereocenters. The third-order valence-electron chi connectivity index (χ3n) is 5.49. The highest BCUT2D eigenvalue weighted by Gasteiger charge is 2.23. The lowest BCUT2D eigenvalue weighted by Gasteiger charge is -2.20. The molecule has 0 radical (unpaired) electrons. The minimum absolute atomic E-state index is 0.0707. The first-order valence-corrected chi connectivity index (χ1v) is 11.2. The molecular formula is C21H30N2O2S. The van der Waals surface area contributed by atoms with Gasteiger partial charge in [0.25, 0.3) is 0 Å². The summed E-state index contributed by atoms with van der Waals surface area (Å²) in [5.41, 5.74) is 2.53. The van der Waals surface area contributed by atoms with Crippen molar-refractivity contribution in [1.82, 2.24) is 9.62 Å².